The molecule has 3 aromatic carbocycles. The Morgan fingerprint density at radius 3 is 2.02 bits per heavy atom. The van der Waals surface area contributed by atoms with Crippen molar-refractivity contribution in [1.29, 1.82) is 0 Å². The molecular formula is C37H47N9O4. The van der Waals surface area contributed by atoms with Crippen LogP contribution in [0.1, 0.15) is 43.2 Å². The Labute approximate surface area is 291 Å². The smallest absolute Gasteiger partial charge is 0.243 e. The summed E-state index contributed by atoms with van der Waals surface area (Å²) in [6.45, 7) is 0.696. The average Bonchev–Trinajstić information content (AvgIpc) is 3.52. The first-order chi connectivity index (χ1) is 24.1. The van der Waals surface area contributed by atoms with E-state index in [2.05, 4.69) is 25.9 Å². The Balaban J connectivity index is 1.57. The van der Waals surface area contributed by atoms with Gasteiger partial charge in [0.05, 0.1) is 0 Å². The molecule has 0 aliphatic heterocycles. The summed E-state index contributed by atoms with van der Waals surface area (Å²) in [6, 6.07) is 22.1. The maximum Gasteiger partial charge on any atom is 0.243 e. The normalized spacial score (nSPS) is 12.7. The number of nitrogens with one attached hydrogen (secondary N) is 4. The zero-order valence-electron chi connectivity index (χ0n) is 28.1. The number of aromatic amines is 1. The topological polar surface area (TPSA) is 237 Å². The van der Waals surface area contributed by atoms with E-state index in [9.17, 15) is 19.2 Å². The Kier molecular flexibility index (Phi) is 13.9. The molecule has 4 aromatic rings. The van der Waals surface area contributed by atoms with Crippen molar-refractivity contribution in [2.45, 2.75) is 63.1 Å². The Morgan fingerprint density at radius 2 is 1.34 bits per heavy atom. The molecule has 0 spiro atoms. The number of carbonyl (C=O) groups excluding carboxylic acids is 4. The van der Waals surface area contributed by atoms with Crippen LogP contribution < -0.4 is 38.9 Å². The number of nitrogens with zero attached hydrogens (tertiary/aromatic N) is 1. The number of H-pyrrole nitrogens is 1. The van der Waals surface area contributed by atoms with Gasteiger partial charge in [-0.1, -0.05) is 72.8 Å². The van der Waals surface area contributed by atoms with Gasteiger partial charge in [0.15, 0.2) is 5.96 Å². The number of hydrogen-bond donors (Lipinski definition) is 8. The van der Waals surface area contributed by atoms with Gasteiger partial charge in [-0.25, -0.2) is 0 Å². The minimum atomic E-state index is -1.10. The van der Waals surface area contributed by atoms with Crippen LogP contribution in [-0.4, -0.2) is 65.8 Å². The third-order valence-electron chi connectivity index (χ3n) is 8.35. The van der Waals surface area contributed by atoms with Gasteiger partial charge in [-0.2, -0.15) is 0 Å². The molecule has 1 aromatic heterocycles. The molecule has 13 heteroatoms. The largest absolute Gasteiger partial charge is 0.370 e. The van der Waals surface area contributed by atoms with Gasteiger partial charge in [0.2, 0.25) is 23.6 Å². The van der Waals surface area contributed by atoms with Gasteiger partial charge in [-0.05, 0) is 60.5 Å². The number of hydrogen-bond acceptors (Lipinski definition) is 6. The van der Waals surface area contributed by atoms with E-state index in [0.717, 1.165) is 33.2 Å². The van der Waals surface area contributed by atoms with Crippen LogP contribution in [-0.2, 0) is 32.0 Å². The molecule has 1 heterocycles. The van der Waals surface area contributed by atoms with E-state index < -0.39 is 35.8 Å². The molecule has 0 aliphatic carbocycles. The molecule has 0 fully saturated rings. The van der Waals surface area contributed by atoms with Gasteiger partial charge < -0.3 is 43.9 Å². The second-order valence-corrected chi connectivity index (χ2v) is 12.2. The van der Waals surface area contributed by atoms with Crippen molar-refractivity contribution in [2.75, 3.05) is 13.1 Å². The molecule has 0 saturated heterocycles. The molecule has 50 heavy (non-hydrogen) atoms. The SMILES string of the molecule is NCCCC(=O)N[C@@H](Cc1c[nH]c2ccccc12)C(=O)N[C@@H](Cc1ccc(-c2ccccc2)cc1)C(=O)N[C@@H](CCCCN=C(N)N)C(N)=O. The van der Waals surface area contributed by atoms with E-state index in [0.29, 0.717) is 32.4 Å². The summed E-state index contributed by atoms with van der Waals surface area (Å²) in [5.74, 6) is -2.20. The van der Waals surface area contributed by atoms with Crippen molar-refractivity contribution in [2.24, 2.45) is 27.9 Å². The lowest BCUT2D eigenvalue weighted by atomic mass is 9.99. The second-order valence-electron chi connectivity index (χ2n) is 12.2. The molecule has 0 saturated carbocycles. The number of carbonyl (C=O) groups is 4. The number of aliphatic imine (C=N–C) groups is 1. The summed E-state index contributed by atoms with van der Waals surface area (Å²) in [5, 5.41) is 9.36. The zero-order chi connectivity index (χ0) is 35.9. The number of primary amides is 1. The van der Waals surface area contributed by atoms with Gasteiger partial charge >= 0.3 is 0 Å². The molecule has 264 valence electrons. The molecule has 4 amide bonds. The van der Waals surface area contributed by atoms with Crippen molar-refractivity contribution in [3.05, 3.63) is 96.2 Å². The van der Waals surface area contributed by atoms with Crippen LogP contribution in [0.4, 0.5) is 0 Å². The highest BCUT2D eigenvalue weighted by Gasteiger charge is 2.30. The van der Waals surface area contributed by atoms with E-state index in [1.54, 1.807) is 6.20 Å². The van der Waals surface area contributed by atoms with Crippen LogP contribution >= 0.6 is 0 Å². The highest BCUT2D eigenvalue weighted by atomic mass is 16.2. The van der Waals surface area contributed by atoms with Gasteiger partial charge in [-0.15, -0.1) is 0 Å². The van der Waals surface area contributed by atoms with E-state index >= 15 is 0 Å². The third kappa shape index (κ3) is 11.2. The van der Waals surface area contributed by atoms with Crippen LogP contribution in [0.15, 0.2) is 90.1 Å². The van der Waals surface area contributed by atoms with Gasteiger partial charge in [0, 0.05) is 42.9 Å². The molecule has 3 atom stereocenters. The molecule has 0 radical (unpaired) electrons. The minimum Gasteiger partial charge on any atom is -0.370 e. The molecule has 0 unspecified atom stereocenters. The fourth-order valence-electron chi connectivity index (χ4n) is 5.67. The van der Waals surface area contributed by atoms with Crippen molar-refractivity contribution < 1.29 is 19.2 Å². The molecular weight excluding hydrogens is 634 g/mol. The predicted octanol–water partition coefficient (Wildman–Crippen LogP) is 1.74. The Morgan fingerprint density at radius 1 is 0.700 bits per heavy atom. The molecule has 13 nitrogen and oxygen atoms in total. The quantitative estimate of drug-likeness (QED) is 0.0414. The average molecular weight is 682 g/mol. The lowest BCUT2D eigenvalue weighted by molar-refractivity contribution is -0.133. The Bertz CT molecular complexity index is 1750. The summed E-state index contributed by atoms with van der Waals surface area (Å²) in [7, 11) is 0. The number of guanidine groups is 1. The van der Waals surface area contributed by atoms with Crippen molar-refractivity contribution in [3.8, 4) is 11.1 Å². The maximum absolute atomic E-state index is 14.0. The second kappa shape index (κ2) is 18.7. The summed E-state index contributed by atoms with van der Waals surface area (Å²) >= 11 is 0. The molecule has 0 bridgehead atoms. The van der Waals surface area contributed by atoms with Crippen LogP contribution in [0.3, 0.4) is 0 Å². The van der Waals surface area contributed by atoms with Crippen LogP contribution in [0.25, 0.3) is 22.0 Å². The van der Waals surface area contributed by atoms with Crippen LogP contribution in [0.5, 0.6) is 0 Å². The number of fused-ring (bicyclic) bond motifs is 1. The summed E-state index contributed by atoms with van der Waals surface area (Å²) < 4.78 is 0. The molecule has 4 rings (SSSR count). The first-order valence-corrected chi connectivity index (χ1v) is 16.8. The standard InChI is InChI=1S/C37H47N9O4/c38-19-8-14-33(47)44-32(22-27-23-43-29-12-5-4-11-28(27)29)36(50)46-31(21-24-15-17-26(18-16-24)25-9-2-1-3-10-25)35(49)45-30(34(39)48)13-6-7-20-42-37(40)41/h1-5,9-12,15-18,23,30-32,43H,6-8,13-14,19-22,38H2,(H2,39,48)(H,44,47)(H,45,49)(H,46,50)(H4,40,41,42)/t30-,31-,32-/m0/s1. The van der Waals surface area contributed by atoms with E-state index in [-0.39, 0.29) is 37.6 Å². The van der Waals surface area contributed by atoms with Gasteiger partial charge in [-0.3, -0.25) is 24.2 Å². The lowest BCUT2D eigenvalue weighted by Crippen LogP contribution is -2.57. The Hall–Kier alpha value is -5.69. The predicted molar refractivity (Wildman–Crippen MR) is 195 cm³/mol. The van der Waals surface area contributed by atoms with Crippen LogP contribution in [0.2, 0.25) is 0 Å². The van der Waals surface area contributed by atoms with E-state index in [4.69, 9.17) is 22.9 Å². The number of unbranched alkanes of at least 4 members (excludes halogenated alkanes) is 1. The summed E-state index contributed by atoms with van der Waals surface area (Å²) in [6.07, 6.45) is 4.05. The lowest BCUT2D eigenvalue weighted by Gasteiger charge is -2.25. The third-order valence-corrected chi connectivity index (χ3v) is 8.35. The number of amides is 4. The molecule has 12 N–H and O–H groups in total. The van der Waals surface area contributed by atoms with Crippen LogP contribution in [0, 0.1) is 0 Å². The molecule has 0 aliphatic rings. The number of aromatic nitrogens is 1. The van der Waals surface area contributed by atoms with Gasteiger partial charge in [0.25, 0.3) is 0 Å². The highest BCUT2D eigenvalue weighted by molar-refractivity contribution is 5.95. The first-order valence-electron chi connectivity index (χ1n) is 16.8. The number of rotatable bonds is 19. The number of benzene rings is 3. The van der Waals surface area contributed by atoms with Crippen molar-refractivity contribution in [3.63, 3.8) is 0 Å². The van der Waals surface area contributed by atoms with E-state index in [1.807, 2.05) is 78.9 Å². The van der Waals surface area contributed by atoms with E-state index in [1.165, 1.54) is 0 Å². The fourth-order valence-corrected chi connectivity index (χ4v) is 5.67. The van der Waals surface area contributed by atoms with Gasteiger partial charge in [0.1, 0.15) is 18.1 Å². The first kappa shape index (κ1) is 37.1. The number of para-hydroxylation sites is 1. The summed E-state index contributed by atoms with van der Waals surface area (Å²) in [4.78, 5) is 60.2. The summed E-state index contributed by atoms with van der Waals surface area (Å²) in [5.41, 5.74) is 26.6. The van der Waals surface area contributed by atoms with Crippen molar-refractivity contribution >= 4 is 40.5 Å². The highest BCUT2D eigenvalue weighted by Crippen LogP contribution is 2.21. The monoisotopic (exact) mass is 681 g/mol. The zero-order valence-corrected chi connectivity index (χ0v) is 28.1. The maximum atomic E-state index is 14.0. The minimum absolute atomic E-state index is 0.0290. The van der Waals surface area contributed by atoms with Crippen molar-refractivity contribution in [1.82, 2.24) is 20.9 Å². The number of nitrogens with two attached hydrogens (primary N) is 4. The fraction of sp³-hybridized carbons (Fsp3) is 0.324.